The number of aliphatic hydroxyl groups is 1. The number of carbonyl (C=O) groups excluding carboxylic acids is 1. The Balaban J connectivity index is 4.03. The second-order valence-electron chi connectivity index (χ2n) is 7.94. The number of unbranched alkanes of at least 4 members (excludes halogenated alkanes) is 4. The Morgan fingerprint density at radius 1 is 1.03 bits per heavy atom. The SMILES string of the molecule is CCCCC/C=C\C[C@@H](/C=C/C=C\C/C=C\CCCC(=O)O[C@H](CO)COP(=O)(O)OCCN)OO. The van der Waals surface area contributed by atoms with Crippen LogP contribution in [0.25, 0.3) is 0 Å². The summed E-state index contributed by atoms with van der Waals surface area (Å²) in [6.07, 6.45) is 21.4. The maximum absolute atomic E-state index is 11.9. The van der Waals surface area contributed by atoms with E-state index >= 15 is 0 Å². The first-order valence-electron chi connectivity index (χ1n) is 12.4. The van der Waals surface area contributed by atoms with E-state index in [1.807, 2.05) is 36.5 Å². The van der Waals surface area contributed by atoms with Crippen LogP contribution in [0.3, 0.4) is 0 Å². The van der Waals surface area contributed by atoms with E-state index in [0.717, 1.165) is 6.42 Å². The minimum atomic E-state index is -4.30. The molecule has 1 unspecified atom stereocenters. The molecule has 0 bridgehead atoms. The number of nitrogens with two attached hydrogens (primary N) is 1. The van der Waals surface area contributed by atoms with E-state index in [1.54, 1.807) is 6.08 Å². The highest BCUT2D eigenvalue weighted by molar-refractivity contribution is 7.47. The van der Waals surface area contributed by atoms with Crippen molar-refractivity contribution in [3.8, 4) is 0 Å². The van der Waals surface area contributed by atoms with Crippen LogP contribution in [0.2, 0.25) is 0 Å². The molecule has 36 heavy (non-hydrogen) atoms. The summed E-state index contributed by atoms with van der Waals surface area (Å²) in [4.78, 5) is 25.8. The molecule has 0 rings (SSSR count). The Bertz CT molecular complexity index is 710. The minimum absolute atomic E-state index is 0.0476. The van der Waals surface area contributed by atoms with E-state index in [9.17, 15) is 19.4 Å². The van der Waals surface area contributed by atoms with Crippen LogP contribution < -0.4 is 5.73 Å². The molecule has 0 spiro atoms. The number of ether oxygens (including phenoxy) is 1. The smallest absolute Gasteiger partial charge is 0.457 e. The molecule has 0 saturated heterocycles. The standard InChI is InChI=1S/C25H44NO9P/c1-2-3-4-5-10-13-16-23(35-29)17-14-11-8-6-7-9-12-15-18-25(28)34-24(21-27)22-33-36(30,31)32-20-19-26/h7-11,13-14,17,23-24,27,29H,2-6,12,15-16,18-22,26H2,1H3,(H,30,31)/b9-7-,11-8-,13-10-,17-14+/t23-,24+/m0/s1. The normalized spacial score (nSPS) is 15.8. The number of aliphatic hydroxyl groups excluding tert-OH is 1. The van der Waals surface area contributed by atoms with Crippen LogP contribution in [0, 0.1) is 0 Å². The van der Waals surface area contributed by atoms with Gasteiger partial charge in [0.15, 0.2) is 0 Å². The molecule has 0 heterocycles. The molecular formula is C25H44NO9P. The lowest BCUT2D eigenvalue weighted by molar-refractivity contribution is -0.264. The van der Waals surface area contributed by atoms with Crippen molar-refractivity contribution in [2.75, 3.05) is 26.4 Å². The van der Waals surface area contributed by atoms with Crippen LogP contribution in [-0.4, -0.2) is 59.8 Å². The molecule has 0 aliphatic rings. The van der Waals surface area contributed by atoms with Crippen LogP contribution in [0.4, 0.5) is 0 Å². The van der Waals surface area contributed by atoms with Crippen molar-refractivity contribution in [3.63, 3.8) is 0 Å². The van der Waals surface area contributed by atoms with Gasteiger partial charge in [-0.05, 0) is 38.5 Å². The van der Waals surface area contributed by atoms with Gasteiger partial charge in [0, 0.05) is 13.0 Å². The first-order chi connectivity index (χ1) is 17.4. The number of rotatable bonds is 23. The van der Waals surface area contributed by atoms with E-state index in [1.165, 1.54) is 19.3 Å². The van der Waals surface area contributed by atoms with Gasteiger partial charge < -0.3 is 20.5 Å². The molecule has 0 amide bonds. The quantitative estimate of drug-likeness (QED) is 0.0278. The summed E-state index contributed by atoms with van der Waals surface area (Å²) in [5.74, 6) is -0.539. The lowest BCUT2D eigenvalue weighted by Gasteiger charge is -2.17. The van der Waals surface area contributed by atoms with E-state index in [4.69, 9.17) is 15.7 Å². The summed E-state index contributed by atoms with van der Waals surface area (Å²) in [6.45, 7) is 1.04. The molecule has 0 aromatic rings. The van der Waals surface area contributed by atoms with Crippen LogP contribution in [-0.2, 0) is 28.0 Å². The molecule has 3 atom stereocenters. The molecule has 0 aliphatic heterocycles. The highest BCUT2D eigenvalue weighted by Crippen LogP contribution is 2.42. The zero-order valence-corrected chi connectivity index (χ0v) is 22.2. The molecule has 0 aliphatic carbocycles. The summed E-state index contributed by atoms with van der Waals surface area (Å²) in [5, 5.41) is 18.2. The van der Waals surface area contributed by atoms with Gasteiger partial charge in [-0.3, -0.25) is 19.1 Å². The average Bonchev–Trinajstić information content (AvgIpc) is 2.87. The second kappa shape index (κ2) is 23.8. The van der Waals surface area contributed by atoms with Gasteiger partial charge in [-0.1, -0.05) is 68.4 Å². The van der Waals surface area contributed by atoms with Gasteiger partial charge in [0.2, 0.25) is 0 Å². The van der Waals surface area contributed by atoms with Crippen molar-refractivity contribution in [2.24, 2.45) is 5.73 Å². The van der Waals surface area contributed by atoms with Gasteiger partial charge in [-0.25, -0.2) is 9.45 Å². The predicted molar refractivity (Wildman–Crippen MR) is 139 cm³/mol. The number of esters is 1. The van der Waals surface area contributed by atoms with E-state index in [2.05, 4.69) is 26.9 Å². The van der Waals surface area contributed by atoms with Gasteiger partial charge in [-0.15, -0.1) is 0 Å². The second-order valence-corrected chi connectivity index (χ2v) is 9.39. The Morgan fingerprint density at radius 3 is 2.47 bits per heavy atom. The Hall–Kier alpha value is -1.62. The summed E-state index contributed by atoms with van der Waals surface area (Å²) in [5.41, 5.74) is 5.18. The third kappa shape index (κ3) is 21.6. The van der Waals surface area contributed by atoms with Gasteiger partial charge in [0.1, 0.15) is 12.2 Å². The number of phosphoric ester groups is 1. The van der Waals surface area contributed by atoms with Crippen LogP contribution in [0.15, 0.2) is 48.6 Å². The van der Waals surface area contributed by atoms with Crippen LogP contribution >= 0.6 is 7.82 Å². The van der Waals surface area contributed by atoms with Gasteiger partial charge in [0.25, 0.3) is 0 Å². The van der Waals surface area contributed by atoms with Crippen molar-refractivity contribution in [2.45, 2.75) is 76.9 Å². The van der Waals surface area contributed by atoms with Crippen molar-refractivity contribution in [3.05, 3.63) is 48.6 Å². The summed E-state index contributed by atoms with van der Waals surface area (Å²) >= 11 is 0. The molecule has 11 heteroatoms. The maximum atomic E-state index is 11.9. The van der Waals surface area contributed by atoms with Crippen molar-refractivity contribution < 1.29 is 43.3 Å². The van der Waals surface area contributed by atoms with Crippen molar-refractivity contribution >= 4 is 13.8 Å². The van der Waals surface area contributed by atoms with Crippen LogP contribution in [0.1, 0.15) is 64.7 Å². The number of hydrogen-bond acceptors (Lipinski definition) is 9. The lowest BCUT2D eigenvalue weighted by atomic mass is 10.1. The molecule has 5 N–H and O–H groups in total. The zero-order valence-electron chi connectivity index (χ0n) is 21.3. The first-order valence-corrected chi connectivity index (χ1v) is 13.9. The molecule has 0 saturated carbocycles. The van der Waals surface area contributed by atoms with E-state index < -0.39 is 33.1 Å². The Kier molecular flexibility index (Phi) is 22.7. The number of allylic oxidation sites excluding steroid dienone is 6. The van der Waals surface area contributed by atoms with E-state index in [-0.39, 0.29) is 25.7 Å². The Morgan fingerprint density at radius 2 is 1.78 bits per heavy atom. The summed E-state index contributed by atoms with van der Waals surface area (Å²) < 4.78 is 25.8. The molecule has 0 radical (unpaired) electrons. The van der Waals surface area contributed by atoms with Crippen molar-refractivity contribution in [1.29, 1.82) is 0 Å². The lowest BCUT2D eigenvalue weighted by Crippen LogP contribution is -2.27. The third-order valence-electron chi connectivity index (χ3n) is 4.71. The van der Waals surface area contributed by atoms with Gasteiger partial charge in [0.05, 0.1) is 19.8 Å². The highest BCUT2D eigenvalue weighted by atomic mass is 31.2. The topological polar surface area (TPSA) is 158 Å². The molecule has 0 aromatic heterocycles. The summed E-state index contributed by atoms with van der Waals surface area (Å²) in [6, 6.07) is 0. The fourth-order valence-corrected chi connectivity index (χ4v) is 3.54. The predicted octanol–water partition coefficient (Wildman–Crippen LogP) is 4.60. The monoisotopic (exact) mass is 533 g/mol. The maximum Gasteiger partial charge on any atom is 0.472 e. The van der Waals surface area contributed by atoms with Crippen molar-refractivity contribution in [1.82, 2.24) is 0 Å². The number of hydrogen-bond donors (Lipinski definition) is 4. The number of carbonyl (C=O) groups is 1. The molecule has 0 fully saturated rings. The van der Waals surface area contributed by atoms with Gasteiger partial charge >= 0.3 is 13.8 Å². The molecular weight excluding hydrogens is 489 g/mol. The van der Waals surface area contributed by atoms with Gasteiger partial charge in [-0.2, -0.15) is 0 Å². The first kappa shape index (κ1) is 34.4. The fourth-order valence-electron chi connectivity index (χ4n) is 2.77. The summed E-state index contributed by atoms with van der Waals surface area (Å²) in [7, 11) is -4.30. The zero-order chi connectivity index (χ0) is 26.9. The Labute approximate surface area is 215 Å². The fraction of sp³-hybridized carbons (Fsp3) is 0.640. The molecule has 208 valence electrons. The minimum Gasteiger partial charge on any atom is -0.457 e. The van der Waals surface area contributed by atoms with Crippen LogP contribution in [0.5, 0.6) is 0 Å². The highest BCUT2D eigenvalue weighted by Gasteiger charge is 2.24. The molecule has 10 nitrogen and oxygen atoms in total. The largest absolute Gasteiger partial charge is 0.472 e. The average molecular weight is 534 g/mol. The third-order valence-corrected chi connectivity index (χ3v) is 5.69. The number of phosphoric acid groups is 1. The van der Waals surface area contributed by atoms with E-state index in [0.29, 0.717) is 25.7 Å². The molecule has 0 aromatic carbocycles.